The summed E-state index contributed by atoms with van der Waals surface area (Å²) in [5.74, 6) is 0.0853. The maximum absolute atomic E-state index is 12.7. The van der Waals surface area contributed by atoms with Crippen LogP contribution in [0.2, 0.25) is 0 Å². The molecule has 0 aliphatic heterocycles. The molecule has 0 atom stereocenters. The standard InChI is InChI=1S/C29H22N2O2S/c32-28(31-27-11-5-9-21-7-3-4-10-26(21)27)19-34-25-16-14-24(15-17-25)30-29(33)23-13-12-20-6-1-2-8-22(20)18-23/h1-18H,19H2,(H,30,33)(H,31,32). The summed E-state index contributed by atoms with van der Waals surface area (Å²) < 4.78 is 0. The summed E-state index contributed by atoms with van der Waals surface area (Å²) in [6.45, 7) is 0. The number of rotatable bonds is 6. The van der Waals surface area contributed by atoms with Crippen molar-refractivity contribution in [3.8, 4) is 0 Å². The Labute approximate surface area is 202 Å². The molecular weight excluding hydrogens is 440 g/mol. The van der Waals surface area contributed by atoms with Gasteiger partial charge in [-0.3, -0.25) is 9.59 Å². The first kappa shape index (κ1) is 21.7. The number of anilines is 2. The molecule has 0 saturated heterocycles. The lowest BCUT2D eigenvalue weighted by Gasteiger charge is -2.09. The fourth-order valence-corrected chi connectivity index (χ4v) is 4.54. The Bertz CT molecular complexity index is 1490. The van der Waals surface area contributed by atoms with Crippen LogP contribution >= 0.6 is 11.8 Å². The lowest BCUT2D eigenvalue weighted by molar-refractivity contribution is -0.113. The predicted octanol–water partition coefficient (Wildman–Crippen LogP) is 6.98. The second kappa shape index (κ2) is 9.81. The number of benzene rings is 5. The van der Waals surface area contributed by atoms with Crippen LogP contribution in [-0.2, 0) is 4.79 Å². The van der Waals surface area contributed by atoms with Gasteiger partial charge in [0.15, 0.2) is 0 Å². The highest BCUT2D eigenvalue weighted by molar-refractivity contribution is 8.00. The van der Waals surface area contributed by atoms with Crippen LogP contribution < -0.4 is 10.6 Å². The number of hydrogen-bond acceptors (Lipinski definition) is 3. The normalized spacial score (nSPS) is 10.8. The fourth-order valence-electron chi connectivity index (χ4n) is 3.84. The van der Waals surface area contributed by atoms with Crippen LogP contribution in [-0.4, -0.2) is 17.6 Å². The zero-order chi connectivity index (χ0) is 23.3. The summed E-state index contributed by atoms with van der Waals surface area (Å²) in [7, 11) is 0. The number of hydrogen-bond donors (Lipinski definition) is 2. The van der Waals surface area contributed by atoms with E-state index >= 15 is 0 Å². The lowest BCUT2D eigenvalue weighted by atomic mass is 10.1. The number of carbonyl (C=O) groups is 2. The number of thioether (sulfide) groups is 1. The van der Waals surface area contributed by atoms with Crippen molar-refractivity contribution >= 4 is 56.5 Å². The molecule has 2 amide bonds. The van der Waals surface area contributed by atoms with Crippen LogP contribution in [0.15, 0.2) is 114 Å². The lowest BCUT2D eigenvalue weighted by Crippen LogP contribution is -2.14. The van der Waals surface area contributed by atoms with Crippen LogP contribution in [0.5, 0.6) is 0 Å². The molecule has 0 radical (unpaired) electrons. The minimum Gasteiger partial charge on any atom is -0.325 e. The number of carbonyl (C=O) groups excluding carboxylic acids is 2. The fraction of sp³-hybridized carbons (Fsp3) is 0.0345. The topological polar surface area (TPSA) is 58.2 Å². The first-order chi connectivity index (χ1) is 16.7. The predicted molar refractivity (Wildman–Crippen MR) is 142 cm³/mol. The van der Waals surface area contributed by atoms with Gasteiger partial charge in [-0.2, -0.15) is 0 Å². The summed E-state index contributed by atoms with van der Waals surface area (Å²) >= 11 is 1.45. The van der Waals surface area contributed by atoms with Gasteiger partial charge in [0.1, 0.15) is 0 Å². The van der Waals surface area contributed by atoms with Gasteiger partial charge in [-0.15, -0.1) is 11.8 Å². The van der Waals surface area contributed by atoms with E-state index in [1.165, 1.54) is 11.8 Å². The molecule has 0 aliphatic rings. The molecule has 5 aromatic carbocycles. The van der Waals surface area contributed by atoms with Crippen molar-refractivity contribution in [2.45, 2.75) is 4.90 Å². The van der Waals surface area contributed by atoms with Crippen LogP contribution in [0.3, 0.4) is 0 Å². The zero-order valence-electron chi connectivity index (χ0n) is 18.3. The molecule has 2 N–H and O–H groups in total. The van der Waals surface area contributed by atoms with Gasteiger partial charge in [-0.1, -0.05) is 66.7 Å². The monoisotopic (exact) mass is 462 g/mol. The first-order valence-electron chi connectivity index (χ1n) is 11.0. The van der Waals surface area contributed by atoms with Crippen LogP contribution in [0, 0.1) is 0 Å². The average molecular weight is 463 g/mol. The molecule has 0 aromatic heterocycles. The molecule has 0 fully saturated rings. The molecule has 5 rings (SSSR count). The van der Waals surface area contributed by atoms with Crippen LogP contribution in [0.1, 0.15) is 10.4 Å². The molecule has 0 heterocycles. The van der Waals surface area contributed by atoms with Crippen molar-refractivity contribution in [2.24, 2.45) is 0 Å². The zero-order valence-corrected chi connectivity index (χ0v) is 19.1. The quantitative estimate of drug-likeness (QED) is 0.268. The summed E-state index contributed by atoms with van der Waals surface area (Å²) in [6, 6.07) is 35.0. The Morgan fingerprint density at radius 3 is 2.18 bits per heavy atom. The number of nitrogens with one attached hydrogen (secondary N) is 2. The summed E-state index contributed by atoms with van der Waals surface area (Å²) in [4.78, 5) is 26.1. The van der Waals surface area contributed by atoms with Crippen molar-refractivity contribution < 1.29 is 9.59 Å². The molecule has 0 bridgehead atoms. The van der Waals surface area contributed by atoms with E-state index in [1.807, 2.05) is 109 Å². The number of amides is 2. The van der Waals surface area contributed by atoms with Gasteiger partial charge in [-0.05, 0) is 58.6 Å². The van der Waals surface area contributed by atoms with Crippen LogP contribution in [0.25, 0.3) is 21.5 Å². The molecule has 0 unspecified atom stereocenters. The minimum atomic E-state index is -0.152. The van der Waals surface area contributed by atoms with Crippen molar-refractivity contribution in [3.63, 3.8) is 0 Å². The van der Waals surface area contributed by atoms with Crippen molar-refractivity contribution in [2.75, 3.05) is 16.4 Å². The van der Waals surface area contributed by atoms with Gasteiger partial charge in [0.05, 0.1) is 5.75 Å². The second-order valence-corrected chi connectivity index (χ2v) is 8.95. The van der Waals surface area contributed by atoms with E-state index in [-0.39, 0.29) is 11.8 Å². The summed E-state index contributed by atoms with van der Waals surface area (Å²) in [5.41, 5.74) is 2.14. The SMILES string of the molecule is O=C(CSc1ccc(NC(=O)c2ccc3ccccc3c2)cc1)Nc1cccc2ccccc12. The Morgan fingerprint density at radius 1 is 0.647 bits per heavy atom. The number of fused-ring (bicyclic) bond motifs is 2. The molecule has 0 spiro atoms. The largest absolute Gasteiger partial charge is 0.325 e. The molecule has 5 heteroatoms. The van der Waals surface area contributed by atoms with Gasteiger partial charge in [-0.25, -0.2) is 0 Å². The Morgan fingerprint density at radius 2 is 1.35 bits per heavy atom. The van der Waals surface area contributed by atoms with E-state index < -0.39 is 0 Å². The molecule has 4 nitrogen and oxygen atoms in total. The van der Waals surface area contributed by atoms with Gasteiger partial charge >= 0.3 is 0 Å². The maximum Gasteiger partial charge on any atom is 0.255 e. The molecule has 5 aromatic rings. The second-order valence-electron chi connectivity index (χ2n) is 7.90. The third-order valence-corrected chi connectivity index (χ3v) is 6.57. The van der Waals surface area contributed by atoms with E-state index in [9.17, 15) is 9.59 Å². The highest BCUT2D eigenvalue weighted by Crippen LogP contribution is 2.25. The van der Waals surface area contributed by atoms with Crippen molar-refractivity contribution in [3.05, 3.63) is 115 Å². The smallest absolute Gasteiger partial charge is 0.255 e. The van der Waals surface area contributed by atoms with Crippen molar-refractivity contribution in [1.29, 1.82) is 0 Å². The molecule has 166 valence electrons. The minimum absolute atomic E-state index is 0.0602. The van der Waals surface area contributed by atoms with E-state index in [2.05, 4.69) is 10.6 Å². The maximum atomic E-state index is 12.7. The van der Waals surface area contributed by atoms with Gasteiger partial charge in [0.25, 0.3) is 5.91 Å². The highest BCUT2D eigenvalue weighted by atomic mass is 32.2. The summed E-state index contributed by atoms with van der Waals surface area (Å²) in [6.07, 6.45) is 0. The molecule has 0 saturated carbocycles. The van der Waals surface area contributed by atoms with E-state index in [4.69, 9.17) is 0 Å². The third kappa shape index (κ3) is 4.95. The van der Waals surface area contributed by atoms with E-state index in [0.717, 1.165) is 32.1 Å². The van der Waals surface area contributed by atoms with Crippen molar-refractivity contribution in [1.82, 2.24) is 0 Å². The highest BCUT2D eigenvalue weighted by Gasteiger charge is 2.09. The Hall–Kier alpha value is -4.09. The Kier molecular flexibility index (Phi) is 6.27. The van der Waals surface area contributed by atoms with E-state index in [1.54, 1.807) is 0 Å². The third-order valence-electron chi connectivity index (χ3n) is 5.56. The van der Waals surface area contributed by atoms with Gasteiger partial charge in [0.2, 0.25) is 5.91 Å². The first-order valence-corrected chi connectivity index (χ1v) is 11.9. The molecular formula is C29H22N2O2S. The van der Waals surface area contributed by atoms with E-state index in [0.29, 0.717) is 17.0 Å². The van der Waals surface area contributed by atoms with Gasteiger partial charge < -0.3 is 10.6 Å². The Balaban J connectivity index is 1.18. The molecule has 34 heavy (non-hydrogen) atoms. The summed E-state index contributed by atoms with van der Waals surface area (Å²) in [5, 5.41) is 10.2. The van der Waals surface area contributed by atoms with Gasteiger partial charge in [0, 0.05) is 27.2 Å². The molecule has 0 aliphatic carbocycles. The van der Waals surface area contributed by atoms with Crippen LogP contribution in [0.4, 0.5) is 11.4 Å². The average Bonchev–Trinajstić information content (AvgIpc) is 2.88.